The van der Waals surface area contributed by atoms with Crippen LogP contribution in [-0.2, 0) is 4.79 Å². The SMILES string of the molecule is C/C(=C\C(=O)c1ccc(Cl)c(Cl)c1)C(=O)O. The van der Waals surface area contributed by atoms with Gasteiger partial charge in [0.15, 0.2) is 5.78 Å². The van der Waals surface area contributed by atoms with Gasteiger partial charge in [-0.3, -0.25) is 4.79 Å². The van der Waals surface area contributed by atoms with Gasteiger partial charge in [-0.1, -0.05) is 23.2 Å². The molecule has 0 bridgehead atoms. The molecule has 84 valence electrons. The van der Waals surface area contributed by atoms with Crippen LogP contribution in [0.5, 0.6) is 0 Å². The number of hydrogen-bond acceptors (Lipinski definition) is 2. The van der Waals surface area contributed by atoms with Crippen molar-refractivity contribution in [1.82, 2.24) is 0 Å². The normalized spacial score (nSPS) is 11.3. The standard InChI is InChI=1S/C11H8Cl2O3/c1-6(11(15)16)4-10(14)7-2-3-8(12)9(13)5-7/h2-5H,1H3,(H,15,16)/b6-4+. The van der Waals surface area contributed by atoms with Crippen molar-refractivity contribution in [2.75, 3.05) is 0 Å². The highest BCUT2D eigenvalue weighted by Gasteiger charge is 2.08. The summed E-state index contributed by atoms with van der Waals surface area (Å²) in [5.41, 5.74) is 0.270. The van der Waals surface area contributed by atoms with Gasteiger partial charge in [0.25, 0.3) is 0 Å². The molecule has 0 fully saturated rings. The monoisotopic (exact) mass is 258 g/mol. The van der Waals surface area contributed by atoms with Gasteiger partial charge in [0.1, 0.15) is 0 Å². The third-order valence-corrected chi connectivity index (χ3v) is 2.63. The van der Waals surface area contributed by atoms with Gasteiger partial charge in [-0.05, 0) is 31.2 Å². The van der Waals surface area contributed by atoms with Crippen LogP contribution in [-0.4, -0.2) is 16.9 Å². The Bertz CT molecular complexity index is 478. The third-order valence-electron chi connectivity index (χ3n) is 1.89. The van der Waals surface area contributed by atoms with Gasteiger partial charge in [0.2, 0.25) is 0 Å². The summed E-state index contributed by atoms with van der Waals surface area (Å²) in [7, 11) is 0. The number of carboxylic acids is 1. The highest BCUT2D eigenvalue weighted by Crippen LogP contribution is 2.23. The quantitative estimate of drug-likeness (QED) is 0.669. The molecule has 0 radical (unpaired) electrons. The number of carbonyl (C=O) groups excluding carboxylic acids is 1. The van der Waals surface area contributed by atoms with Crippen LogP contribution in [0, 0.1) is 0 Å². The minimum Gasteiger partial charge on any atom is -0.478 e. The summed E-state index contributed by atoms with van der Waals surface area (Å²) in [5.74, 6) is -1.55. The number of rotatable bonds is 3. The first-order valence-corrected chi connectivity index (χ1v) is 5.08. The second-order valence-electron chi connectivity index (χ2n) is 3.13. The molecule has 0 heterocycles. The molecular formula is C11H8Cl2O3. The molecule has 0 amide bonds. The molecule has 1 aromatic rings. The Kier molecular flexibility index (Phi) is 4.10. The van der Waals surface area contributed by atoms with Crippen molar-refractivity contribution in [3.05, 3.63) is 45.5 Å². The van der Waals surface area contributed by atoms with Crippen molar-refractivity contribution in [3.63, 3.8) is 0 Å². The van der Waals surface area contributed by atoms with Crippen molar-refractivity contribution in [2.24, 2.45) is 0 Å². The lowest BCUT2D eigenvalue weighted by Gasteiger charge is -1.99. The van der Waals surface area contributed by atoms with Gasteiger partial charge in [0.05, 0.1) is 10.0 Å². The zero-order valence-electron chi connectivity index (χ0n) is 8.33. The fourth-order valence-electron chi connectivity index (χ4n) is 0.991. The van der Waals surface area contributed by atoms with E-state index in [1.54, 1.807) is 0 Å². The molecule has 0 saturated carbocycles. The molecule has 3 nitrogen and oxygen atoms in total. The average Bonchev–Trinajstić information content (AvgIpc) is 2.21. The van der Waals surface area contributed by atoms with Crippen LogP contribution in [0.1, 0.15) is 17.3 Å². The number of allylic oxidation sites excluding steroid dienone is 1. The number of benzene rings is 1. The van der Waals surface area contributed by atoms with E-state index in [2.05, 4.69) is 0 Å². The van der Waals surface area contributed by atoms with Crippen LogP contribution >= 0.6 is 23.2 Å². The van der Waals surface area contributed by atoms with Gasteiger partial charge in [0, 0.05) is 11.1 Å². The summed E-state index contributed by atoms with van der Waals surface area (Å²) in [6, 6.07) is 4.38. The first-order valence-electron chi connectivity index (χ1n) is 4.33. The third kappa shape index (κ3) is 3.08. The molecular weight excluding hydrogens is 251 g/mol. The number of aliphatic carboxylic acids is 1. The van der Waals surface area contributed by atoms with Crippen LogP contribution in [0.3, 0.4) is 0 Å². The van der Waals surface area contributed by atoms with Crippen LogP contribution in [0.15, 0.2) is 29.8 Å². The molecule has 1 N–H and O–H groups in total. The van der Waals surface area contributed by atoms with E-state index in [-0.39, 0.29) is 10.6 Å². The van der Waals surface area contributed by atoms with Crippen molar-refractivity contribution < 1.29 is 14.7 Å². The van der Waals surface area contributed by atoms with Crippen molar-refractivity contribution >= 4 is 35.0 Å². The predicted molar refractivity (Wildman–Crippen MR) is 62.2 cm³/mol. The Morgan fingerprint density at radius 3 is 2.38 bits per heavy atom. The lowest BCUT2D eigenvalue weighted by atomic mass is 10.1. The maximum atomic E-state index is 11.6. The van der Waals surface area contributed by atoms with E-state index in [1.807, 2.05) is 0 Å². The Hall–Kier alpha value is -1.32. The summed E-state index contributed by atoms with van der Waals surface area (Å²) in [5, 5.41) is 9.21. The topological polar surface area (TPSA) is 54.4 Å². The van der Waals surface area contributed by atoms with E-state index in [0.717, 1.165) is 6.08 Å². The zero-order valence-corrected chi connectivity index (χ0v) is 9.84. The van der Waals surface area contributed by atoms with E-state index in [1.165, 1.54) is 25.1 Å². The number of hydrogen-bond donors (Lipinski definition) is 1. The summed E-state index contributed by atoms with van der Waals surface area (Å²) < 4.78 is 0. The van der Waals surface area contributed by atoms with E-state index < -0.39 is 11.8 Å². The lowest BCUT2D eigenvalue weighted by molar-refractivity contribution is -0.132. The van der Waals surface area contributed by atoms with E-state index in [0.29, 0.717) is 10.6 Å². The number of carbonyl (C=O) groups is 2. The lowest BCUT2D eigenvalue weighted by Crippen LogP contribution is -2.01. The second-order valence-corrected chi connectivity index (χ2v) is 3.94. The van der Waals surface area contributed by atoms with E-state index in [9.17, 15) is 9.59 Å². The first-order chi connectivity index (χ1) is 7.41. The predicted octanol–water partition coefficient (Wildman–Crippen LogP) is 3.21. The Balaban J connectivity index is 3.02. The maximum Gasteiger partial charge on any atom is 0.331 e. The van der Waals surface area contributed by atoms with Crippen molar-refractivity contribution in [2.45, 2.75) is 6.92 Å². The molecule has 5 heteroatoms. The Morgan fingerprint density at radius 1 is 1.25 bits per heavy atom. The number of carboxylic acid groups (broad SMARTS) is 1. The summed E-state index contributed by atoms with van der Waals surface area (Å²) >= 11 is 11.4. The fourth-order valence-corrected chi connectivity index (χ4v) is 1.29. The molecule has 1 aromatic carbocycles. The molecule has 0 aliphatic heterocycles. The van der Waals surface area contributed by atoms with Crippen LogP contribution in [0.4, 0.5) is 0 Å². The summed E-state index contributed by atoms with van der Waals surface area (Å²) in [4.78, 5) is 22.1. The summed E-state index contributed by atoms with van der Waals surface area (Å²) in [6.07, 6.45) is 1.04. The van der Waals surface area contributed by atoms with E-state index >= 15 is 0 Å². The van der Waals surface area contributed by atoms with E-state index in [4.69, 9.17) is 28.3 Å². The van der Waals surface area contributed by atoms with Gasteiger partial charge >= 0.3 is 5.97 Å². The molecule has 0 spiro atoms. The Labute approximate surface area is 102 Å². The molecule has 16 heavy (non-hydrogen) atoms. The zero-order chi connectivity index (χ0) is 12.3. The molecule has 0 aliphatic rings. The molecule has 0 atom stereocenters. The maximum absolute atomic E-state index is 11.6. The minimum absolute atomic E-state index is 0.0314. The highest BCUT2D eigenvalue weighted by atomic mass is 35.5. The van der Waals surface area contributed by atoms with Gasteiger partial charge < -0.3 is 5.11 Å². The van der Waals surface area contributed by atoms with Crippen LogP contribution in [0.25, 0.3) is 0 Å². The molecule has 0 aliphatic carbocycles. The molecule has 0 aromatic heterocycles. The fraction of sp³-hybridized carbons (Fsp3) is 0.0909. The largest absolute Gasteiger partial charge is 0.478 e. The minimum atomic E-state index is -1.13. The summed E-state index contributed by atoms with van der Waals surface area (Å²) in [6.45, 7) is 1.34. The number of ketones is 1. The van der Waals surface area contributed by atoms with Gasteiger partial charge in [-0.2, -0.15) is 0 Å². The number of halogens is 2. The molecule has 0 saturated heterocycles. The Morgan fingerprint density at radius 2 is 1.88 bits per heavy atom. The molecule has 1 rings (SSSR count). The van der Waals surface area contributed by atoms with Crippen molar-refractivity contribution in [3.8, 4) is 0 Å². The molecule has 0 unspecified atom stereocenters. The first kappa shape index (κ1) is 12.7. The van der Waals surface area contributed by atoms with Gasteiger partial charge in [-0.15, -0.1) is 0 Å². The average molecular weight is 259 g/mol. The van der Waals surface area contributed by atoms with Crippen LogP contribution < -0.4 is 0 Å². The van der Waals surface area contributed by atoms with Gasteiger partial charge in [-0.25, -0.2) is 4.79 Å². The van der Waals surface area contributed by atoms with Crippen molar-refractivity contribution in [1.29, 1.82) is 0 Å². The highest BCUT2D eigenvalue weighted by molar-refractivity contribution is 6.42. The second kappa shape index (κ2) is 5.14. The smallest absolute Gasteiger partial charge is 0.331 e. The van der Waals surface area contributed by atoms with Crippen LogP contribution in [0.2, 0.25) is 10.0 Å².